The molecule has 0 bridgehead atoms. The Hall–Kier alpha value is -3.93. The van der Waals surface area contributed by atoms with Gasteiger partial charge < -0.3 is 15.6 Å². The molecule has 168 valence electrons. The molecule has 1 fully saturated rings. The van der Waals surface area contributed by atoms with Gasteiger partial charge in [0.05, 0.1) is 17.6 Å². The summed E-state index contributed by atoms with van der Waals surface area (Å²) in [5.74, 6) is -2.76. The van der Waals surface area contributed by atoms with Gasteiger partial charge in [-0.3, -0.25) is 9.69 Å². The van der Waals surface area contributed by atoms with Crippen molar-refractivity contribution in [3.63, 3.8) is 0 Å². The summed E-state index contributed by atoms with van der Waals surface area (Å²) in [6.07, 6.45) is -5.76. The third kappa shape index (κ3) is 4.86. The minimum Gasteiger partial charge on any atom is -0.475 e. The van der Waals surface area contributed by atoms with Gasteiger partial charge in [-0.25, -0.2) is 14.7 Å². The van der Waals surface area contributed by atoms with Crippen LogP contribution in [0, 0.1) is 0 Å². The van der Waals surface area contributed by atoms with Crippen LogP contribution in [-0.2, 0) is 9.53 Å². The van der Waals surface area contributed by atoms with Gasteiger partial charge in [0, 0.05) is 23.2 Å². The molecule has 0 spiro atoms. The Kier molecular flexibility index (Phi) is 6.44. The van der Waals surface area contributed by atoms with Crippen molar-refractivity contribution in [2.75, 3.05) is 18.0 Å². The first kappa shape index (κ1) is 22.7. The summed E-state index contributed by atoms with van der Waals surface area (Å²) >= 11 is 0. The molecule has 3 aromatic rings. The number of nitrogens with one attached hydrogen (secondary N) is 1. The van der Waals surface area contributed by atoms with Crippen LogP contribution in [0.25, 0.3) is 22.0 Å². The fraction of sp³-hybridized carbons (Fsp3) is 0.200. The van der Waals surface area contributed by atoms with E-state index in [9.17, 15) is 22.8 Å². The fourth-order valence-electron chi connectivity index (χ4n) is 2.99. The number of hydrogen-bond acceptors (Lipinski definition) is 6. The normalized spacial score (nSPS) is 15.8. The number of fused-ring (bicyclic) bond motifs is 1. The summed E-state index contributed by atoms with van der Waals surface area (Å²) in [5.41, 5.74) is 7.61. The number of carbonyl (C=O) groups excluding carboxylic acids is 1. The van der Waals surface area contributed by atoms with Crippen LogP contribution in [0.1, 0.15) is 0 Å². The average Bonchev–Trinajstić information content (AvgIpc) is 3.15. The zero-order valence-electron chi connectivity index (χ0n) is 16.3. The Balaban J connectivity index is 0.000000360. The molecule has 1 aliphatic rings. The van der Waals surface area contributed by atoms with E-state index >= 15 is 0 Å². The standard InChI is InChI=1S/C18H16N4O3.C2HF3O2/c19-9-13-10-22(18(24)25-13)12-7-5-11(6-8-12)16-14-3-1-2-4-15(14)17(23)21-20-16;3-2(4,5)1(6)7/h1-8,13H,9-10,19H2,(H,21,23);(H,6,7). The minimum atomic E-state index is -5.08. The summed E-state index contributed by atoms with van der Waals surface area (Å²) in [4.78, 5) is 34.3. The summed E-state index contributed by atoms with van der Waals surface area (Å²) in [6, 6.07) is 14.7. The van der Waals surface area contributed by atoms with Crippen LogP contribution in [0.3, 0.4) is 0 Å². The number of carbonyl (C=O) groups is 2. The van der Waals surface area contributed by atoms with Gasteiger partial charge in [-0.05, 0) is 18.2 Å². The number of aliphatic carboxylic acids is 1. The van der Waals surface area contributed by atoms with Crippen molar-refractivity contribution in [3.05, 3.63) is 58.9 Å². The number of cyclic esters (lactones) is 1. The van der Waals surface area contributed by atoms with E-state index in [2.05, 4.69) is 10.2 Å². The lowest BCUT2D eigenvalue weighted by atomic mass is 10.0. The molecular weight excluding hydrogens is 433 g/mol. The average molecular weight is 450 g/mol. The molecule has 9 nitrogen and oxygen atoms in total. The summed E-state index contributed by atoms with van der Waals surface area (Å²) in [6.45, 7) is 0.738. The first-order valence-electron chi connectivity index (χ1n) is 9.18. The van der Waals surface area contributed by atoms with Crippen molar-refractivity contribution in [3.8, 4) is 11.3 Å². The summed E-state index contributed by atoms with van der Waals surface area (Å²) < 4.78 is 36.9. The lowest BCUT2D eigenvalue weighted by Gasteiger charge is -2.13. The number of carboxylic acid groups (broad SMARTS) is 1. The molecule has 1 atom stereocenters. The molecule has 32 heavy (non-hydrogen) atoms. The van der Waals surface area contributed by atoms with Gasteiger partial charge in [0.25, 0.3) is 5.56 Å². The molecule has 2 aromatic carbocycles. The smallest absolute Gasteiger partial charge is 0.475 e. The zero-order chi connectivity index (χ0) is 23.5. The van der Waals surface area contributed by atoms with Crippen molar-refractivity contribution < 1.29 is 32.6 Å². The Morgan fingerprint density at radius 1 is 1.16 bits per heavy atom. The number of nitrogens with zero attached hydrogens (tertiary/aromatic N) is 2. The summed E-state index contributed by atoms with van der Waals surface area (Å²) in [7, 11) is 0. The van der Waals surface area contributed by atoms with E-state index in [0.29, 0.717) is 24.2 Å². The first-order valence-corrected chi connectivity index (χ1v) is 9.18. The maximum absolute atomic E-state index is 11.9. The molecule has 12 heteroatoms. The lowest BCUT2D eigenvalue weighted by Crippen LogP contribution is -2.27. The highest BCUT2D eigenvalue weighted by atomic mass is 19.4. The number of halogens is 3. The number of H-pyrrole nitrogens is 1. The summed E-state index contributed by atoms with van der Waals surface area (Å²) in [5, 5.41) is 15.2. The van der Waals surface area contributed by atoms with Gasteiger partial charge >= 0.3 is 18.2 Å². The van der Waals surface area contributed by atoms with Gasteiger partial charge in [0.15, 0.2) is 0 Å². The van der Waals surface area contributed by atoms with Gasteiger partial charge in [-0.2, -0.15) is 18.3 Å². The number of aromatic amines is 1. The van der Waals surface area contributed by atoms with Gasteiger partial charge in [0.1, 0.15) is 6.10 Å². The van der Waals surface area contributed by atoms with Crippen LogP contribution in [0.4, 0.5) is 23.7 Å². The van der Waals surface area contributed by atoms with E-state index in [1.165, 1.54) is 0 Å². The van der Waals surface area contributed by atoms with Crippen molar-refractivity contribution >= 4 is 28.5 Å². The van der Waals surface area contributed by atoms with Gasteiger partial charge in [-0.1, -0.05) is 30.3 Å². The lowest BCUT2D eigenvalue weighted by molar-refractivity contribution is -0.192. The second-order valence-electron chi connectivity index (χ2n) is 6.65. The zero-order valence-corrected chi connectivity index (χ0v) is 16.3. The predicted octanol–water partition coefficient (Wildman–Crippen LogP) is 2.51. The maximum atomic E-state index is 11.9. The van der Waals surface area contributed by atoms with Crippen LogP contribution in [0.5, 0.6) is 0 Å². The molecule has 4 N–H and O–H groups in total. The number of hydrogen-bond donors (Lipinski definition) is 3. The topological polar surface area (TPSA) is 139 Å². The van der Waals surface area contributed by atoms with Crippen molar-refractivity contribution in [1.82, 2.24) is 10.2 Å². The molecule has 0 saturated carbocycles. The Morgan fingerprint density at radius 2 is 1.75 bits per heavy atom. The molecule has 0 radical (unpaired) electrons. The van der Waals surface area contributed by atoms with Gasteiger partial charge in [-0.15, -0.1) is 0 Å². The number of alkyl halides is 3. The second-order valence-corrected chi connectivity index (χ2v) is 6.65. The van der Waals surface area contributed by atoms with E-state index in [0.717, 1.165) is 16.6 Å². The van der Waals surface area contributed by atoms with Crippen LogP contribution < -0.4 is 16.2 Å². The molecule has 2 heterocycles. The number of anilines is 1. The van der Waals surface area contributed by atoms with E-state index in [1.807, 2.05) is 42.5 Å². The number of nitrogens with two attached hydrogens (primary N) is 1. The largest absolute Gasteiger partial charge is 0.490 e. The number of carboxylic acids is 1. The van der Waals surface area contributed by atoms with E-state index in [4.69, 9.17) is 20.4 Å². The molecule has 4 rings (SSSR count). The first-order chi connectivity index (χ1) is 15.1. The van der Waals surface area contributed by atoms with Crippen LogP contribution in [-0.4, -0.2) is 52.7 Å². The van der Waals surface area contributed by atoms with E-state index in [1.54, 1.807) is 11.0 Å². The predicted molar refractivity (Wildman–Crippen MR) is 108 cm³/mol. The number of amides is 1. The molecule has 1 amide bonds. The number of benzene rings is 2. The number of rotatable bonds is 3. The highest BCUT2D eigenvalue weighted by Gasteiger charge is 2.38. The quantitative estimate of drug-likeness (QED) is 0.557. The van der Waals surface area contributed by atoms with Crippen LogP contribution in [0.15, 0.2) is 53.3 Å². The second kappa shape index (κ2) is 9.06. The highest BCUT2D eigenvalue weighted by molar-refractivity contribution is 5.94. The minimum absolute atomic E-state index is 0.219. The van der Waals surface area contributed by atoms with E-state index < -0.39 is 18.2 Å². The monoisotopic (exact) mass is 450 g/mol. The van der Waals surface area contributed by atoms with E-state index in [-0.39, 0.29) is 11.7 Å². The van der Waals surface area contributed by atoms with Crippen molar-refractivity contribution in [2.24, 2.45) is 5.73 Å². The number of aromatic nitrogens is 2. The molecule has 1 saturated heterocycles. The van der Waals surface area contributed by atoms with Crippen LogP contribution >= 0.6 is 0 Å². The molecule has 1 aliphatic heterocycles. The molecule has 1 aromatic heterocycles. The Labute approximate surface area is 178 Å². The SMILES string of the molecule is NCC1CN(c2ccc(-c3n[nH]c(=O)c4ccccc34)cc2)C(=O)O1.O=C(O)C(F)(F)F. The van der Waals surface area contributed by atoms with Crippen molar-refractivity contribution in [1.29, 1.82) is 0 Å². The number of ether oxygens (including phenoxy) is 1. The highest BCUT2D eigenvalue weighted by Crippen LogP contribution is 2.28. The molecular formula is C20H17F3N4O5. The molecule has 0 aliphatic carbocycles. The van der Waals surface area contributed by atoms with Gasteiger partial charge in [0.2, 0.25) is 0 Å². The third-order valence-corrected chi connectivity index (χ3v) is 4.53. The molecule has 1 unspecified atom stereocenters. The Bertz CT molecular complexity index is 1190. The maximum Gasteiger partial charge on any atom is 0.490 e. The fourth-order valence-corrected chi connectivity index (χ4v) is 2.99. The third-order valence-electron chi connectivity index (χ3n) is 4.53. The van der Waals surface area contributed by atoms with Crippen LogP contribution in [0.2, 0.25) is 0 Å². The Morgan fingerprint density at radius 3 is 2.28 bits per heavy atom. The van der Waals surface area contributed by atoms with Crippen molar-refractivity contribution in [2.45, 2.75) is 12.3 Å².